The van der Waals surface area contributed by atoms with Gasteiger partial charge in [-0.25, -0.2) is 8.42 Å². The summed E-state index contributed by atoms with van der Waals surface area (Å²) < 4.78 is 33.2. The minimum Gasteiger partial charge on any atom is -0.454 e. The van der Waals surface area contributed by atoms with Crippen molar-refractivity contribution in [1.29, 1.82) is 0 Å². The van der Waals surface area contributed by atoms with Gasteiger partial charge in [-0.1, -0.05) is 54.1 Å². The van der Waals surface area contributed by atoms with Crippen LogP contribution in [0.3, 0.4) is 0 Å². The fourth-order valence-electron chi connectivity index (χ4n) is 3.06. The summed E-state index contributed by atoms with van der Waals surface area (Å²) >= 11 is 6.30. The Kier molecular flexibility index (Phi) is 5.04. The van der Waals surface area contributed by atoms with Crippen molar-refractivity contribution >= 4 is 33.2 Å². The number of anilines is 1. The van der Waals surface area contributed by atoms with Gasteiger partial charge in [0.1, 0.15) is 10.6 Å². The van der Waals surface area contributed by atoms with Crippen molar-refractivity contribution in [3.63, 3.8) is 0 Å². The first-order valence-corrected chi connectivity index (χ1v) is 10.6. The Balaban J connectivity index is 1.73. The smallest absolute Gasteiger partial charge is 0.259 e. The Morgan fingerprint density at radius 1 is 1.00 bits per heavy atom. The molecule has 29 heavy (non-hydrogen) atoms. The largest absolute Gasteiger partial charge is 0.454 e. The van der Waals surface area contributed by atoms with E-state index in [0.717, 1.165) is 5.56 Å². The number of halogens is 1. The molecular weight excluding hydrogens is 412 g/mol. The molecule has 0 spiro atoms. The van der Waals surface area contributed by atoms with E-state index in [0.29, 0.717) is 11.4 Å². The summed E-state index contributed by atoms with van der Waals surface area (Å²) in [5.41, 5.74) is 1.42. The summed E-state index contributed by atoms with van der Waals surface area (Å²) in [6, 6.07) is 18.8. The van der Waals surface area contributed by atoms with Gasteiger partial charge in [0, 0.05) is 19.7 Å². The second-order valence-electron chi connectivity index (χ2n) is 6.58. The van der Waals surface area contributed by atoms with Crippen molar-refractivity contribution in [2.75, 3.05) is 12.4 Å². The second kappa shape index (κ2) is 7.51. The van der Waals surface area contributed by atoms with Gasteiger partial charge in [-0.3, -0.25) is 4.79 Å². The minimum atomic E-state index is -3.94. The lowest BCUT2D eigenvalue weighted by Crippen LogP contribution is -2.27. The third-order valence-electron chi connectivity index (χ3n) is 4.57. The molecule has 6 nitrogen and oxygen atoms in total. The van der Waals surface area contributed by atoms with Gasteiger partial charge in [0.25, 0.3) is 5.91 Å². The zero-order valence-electron chi connectivity index (χ0n) is 15.4. The highest BCUT2D eigenvalue weighted by atomic mass is 35.5. The fourth-order valence-corrected chi connectivity index (χ4v) is 4.73. The highest BCUT2D eigenvalue weighted by Crippen LogP contribution is 2.39. The van der Waals surface area contributed by atoms with Crippen LogP contribution in [0.15, 0.2) is 71.6 Å². The molecule has 0 radical (unpaired) electrons. The lowest BCUT2D eigenvalue weighted by molar-refractivity contribution is 0.102. The number of hydrogen-bond acceptors (Lipinski definition) is 4. The molecule has 0 saturated carbocycles. The van der Waals surface area contributed by atoms with E-state index in [4.69, 9.17) is 16.3 Å². The van der Waals surface area contributed by atoms with Crippen LogP contribution in [-0.4, -0.2) is 25.7 Å². The normalized spacial score (nSPS) is 13.1. The summed E-state index contributed by atoms with van der Waals surface area (Å²) in [6.07, 6.45) is 0. The standard InChI is InChI=1S/C21H17ClN2O4S/c1-24(13-14-7-3-2-4-8-14)29(26,27)20-11-15-19(12-16(20)22)28-18-10-6-5-9-17(18)23-21(15)25/h2-12H,13H2,1H3,(H,23,25). The number of nitrogens with one attached hydrogen (secondary N) is 1. The summed E-state index contributed by atoms with van der Waals surface area (Å²) in [5.74, 6) is 0.179. The number of para-hydroxylation sites is 2. The molecule has 3 aromatic rings. The van der Waals surface area contributed by atoms with Crippen LogP contribution < -0.4 is 10.1 Å². The van der Waals surface area contributed by atoms with E-state index in [-0.39, 0.29) is 27.8 Å². The number of ether oxygens (including phenoxy) is 1. The van der Waals surface area contributed by atoms with E-state index in [1.54, 1.807) is 24.3 Å². The molecule has 1 aliphatic heterocycles. The van der Waals surface area contributed by atoms with Crippen LogP contribution in [0.2, 0.25) is 5.02 Å². The molecule has 1 heterocycles. The Morgan fingerprint density at radius 3 is 2.45 bits per heavy atom. The van der Waals surface area contributed by atoms with E-state index < -0.39 is 15.9 Å². The number of fused-ring (bicyclic) bond motifs is 2. The van der Waals surface area contributed by atoms with Crippen molar-refractivity contribution in [1.82, 2.24) is 4.31 Å². The van der Waals surface area contributed by atoms with Gasteiger partial charge in [-0.15, -0.1) is 0 Å². The third-order valence-corrected chi connectivity index (χ3v) is 6.84. The highest BCUT2D eigenvalue weighted by Gasteiger charge is 2.29. The lowest BCUT2D eigenvalue weighted by Gasteiger charge is -2.19. The zero-order valence-corrected chi connectivity index (χ0v) is 17.0. The number of carbonyl (C=O) groups is 1. The SMILES string of the molecule is CN(Cc1ccccc1)S(=O)(=O)c1cc2c(cc1Cl)Oc1ccccc1NC2=O. The van der Waals surface area contributed by atoms with Gasteiger partial charge in [0.15, 0.2) is 5.75 Å². The van der Waals surface area contributed by atoms with E-state index in [1.165, 1.54) is 23.5 Å². The lowest BCUT2D eigenvalue weighted by atomic mass is 10.2. The molecule has 1 N–H and O–H groups in total. The van der Waals surface area contributed by atoms with Crippen LogP contribution >= 0.6 is 11.6 Å². The monoisotopic (exact) mass is 428 g/mol. The van der Waals surface area contributed by atoms with Gasteiger partial charge >= 0.3 is 0 Å². The average Bonchev–Trinajstić information content (AvgIpc) is 2.83. The maximum atomic E-state index is 13.1. The van der Waals surface area contributed by atoms with Crippen molar-refractivity contribution in [2.24, 2.45) is 0 Å². The molecule has 0 bridgehead atoms. The molecule has 0 saturated heterocycles. The molecule has 0 aromatic heterocycles. The van der Waals surface area contributed by atoms with Crippen LogP contribution in [0, 0.1) is 0 Å². The Hall–Kier alpha value is -2.87. The van der Waals surface area contributed by atoms with Gasteiger partial charge < -0.3 is 10.1 Å². The summed E-state index contributed by atoms with van der Waals surface area (Å²) in [4.78, 5) is 12.5. The van der Waals surface area contributed by atoms with Crippen molar-refractivity contribution in [3.05, 3.63) is 82.9 Å². The molecule has 0 fully saturated rings. The third kappa shape index (κ3) is 3.72. The number of sulfonamides is 1. The number of carbonyl (C=O) groups excluding carboxylic acids is 1. The molecule has 1 aliphatic rings. The Labute approximate surface area is 173 Å². The Bertz CT molecular complexity index is 1200. The summed E-state index contributed by atoms with van der Waals surface area (Å²) in [6.45, 7) is 0.171. The molecule has 3 aromatic carbocycles. The van der Waals surface area contributed by atoms with Crippen LogP contribution in [0.1, 0.15) is 15.9 Å². The minimum absolute atomic E-state index is 0.0177. The molecule has 8 heteroatoms. The molecular formula is C21H17ClN2O4S. The van der Waals surface area contributed by atoms with Crippen molar-refractivity contribution in [2.45, 2.75) is 11.4 Å². The topological polar surface area (TPSA) is 75.7 Å². The molecule has 0 atom stereocenters. The average molecular weight is 429 g/mol. The molecule has 148 valence electrons. The number of nitrogens with zero attached hydrogens (tertiary/aromatic N) is 1. The molecule has 1 amide bonds. The predicted octanol–water partition coefficient (Wildman–Crippen LogP) is 4.52. The first-order chi connectivity index (χ1) is 13.9. The first kappa shape index (κ1) is 19.4. The van der Waals surface area contributed by atoms with Gasteiger partial charge in [-0.05, 0) is 23.8 Å². The quantitative estimate of drug-likeness (QED) is 0.663. The highest BCUT2D eigenvalue weighted by molar-refractivity contribution is 7.89. The molecule has 4 rings (SSSR count). The van der Waals surface area contributed by atoms with Crippen LogP contribution in [-0.2, 0) is 16.6 Å². The maximum absolute atomic E-state index is 13.1. The van der Waals surface area contributed by atoms with Gasteiger partial charge in [0.05, 0.1) is 16.3 Å². The fraction of sp³-hybridized carbons (Fsp3) is 0.0952. The molecule has 0 aliphatic carbocycles. The number of amides is 1. The second-order valence-corrected chi connectivity index (χ2v) is 9.00. The van der Waals surface area contributed by atoms with E-state index in [1.807, 2.05) is 30.3 Å². The van der Waals surface area contributed by atoms with Gasteiger partial charge in [-0.2, -0.15) is 4.31 Å². The zero-order chi connectivity index (χ0) is 20.6. The van der Waals surface area contributed by atoms with Gasteiger partial charge in [0.2, 0.25) is 10.0 Å². The predicted molar refractivity (Wildman–Crippen MR) is 111 cm³/mol. The van der Waals surface area contributed by atoms with Crippen LogP contribution in [0.5, 0.6) is 11.5 Å². The van der Waals surface area contributed by atoms with Crippen LogP contribution in [0.25, 0.3) is 0 Å². The maximum Gasteiger partial charge on any atom is 0.259 e. The Morgan fingerprint density at radius 2 is 1.69 bits per heavy atom. The van der Waals surface area contributed by atoms with Crippen LogP contribution in [0.4, 0.5) is 5.69 Å². The first-order valence-electron chi connectivity index (χ1n) is 8.78. The summed E-state index contributed by atoms with van der Waals surface area (Å²) in [5, 5.41) is 2.71. The number of benzene rings is 3. The van der Waals surface area contributed by atoms with Crippen molar-refractivity contribution in [3.8, 4) is 11.5 Å². The molecule has 0 unspecified atom stereocenters. The number of hydrogen-bond donors (Lipinski definition) is 1. The van der Waals surface area contributed by atoms with E-state index >= 15 is 0 Å². The van der Waals surface area contributed by atoms with Crippen molar-refractivity contribution < 1.29 is 17.9 Å². The summed E-state index contributed by atoms with van der Waals surface area (Å²) in [7, 11) is -2.47. The van der Waals surface area contributed by atoms with E-state index in [9.17, 15) is 13.2 Å². The number of rotatable bonds is 4. The van der Waals surface area contributed by atoms with E-state index in [2.05, 4.69) is 5.32 Å².